The summed E-state index contributed by atoms with van der Waals surface area (Å²) >= 11 is 4.39. The van der Waals surface area contributed by atoms with Crippen LogP contribution in [0, 0.1) is 6.92 Å². The summed E-state index contributed by atoms with van der Waals surface area (Å²) in [6.45, 7) is 7.72. The number of thiol groups is 1. The monoisotopic (exact) mass is 222 g/mol. The van der Waals surface area contributed by atoms with Crippen LogP contribution < -0.4 is 5.32 Å². The maximum absolute atomic E-state index is 4.39. The normalized spacial score (nSPS) is 18.0. The fraction of sp³-hybridized carbons (Fsp3) is 0.500. The summed E-state index contributed by atoms with van der Waals surface area (Å²) in [7, 11) is 0. The van der Waals surface area contributed by atoms with Crippen LogP contribution in [0.2, 0.25) is 0 Å². The zero-order valence-electron chi connectivity index (χ0n) is 9.16. The summed E-state index contributed by atoms with van der Waals surface area (Å²) in [5, 5.41) is 3.37. The molecule has 0 bridgehead atoms. The Morgan fingerprint density at radius 3 is 2.73 bits per heavy atom. The van der Waals surface area contributed by atoms with E-state index in [-0.39, 0.29) is 0 Å². The summed E-state index contributed by atoms with van der Waals surface area (Å²) in [4.78, 5) is 3.57. The van der Waals surface area contributed by atoms with Crippen LogP contribution in [-0.4, -0.2) is 31.1 Å². The van der Waals surface area contributed by atoms with Crippen molar-refractivity contribution in [3.05, 3.63) is 29.3 Å². The molecule has 1 saturated heterocycles. The van der Waals surface area contributed by atoms with Crippen LogP contribution in [-0.2, 0) is 6.54 Å². The number of aryl methyl sites for hydroxylation is 1. The molecule has 0 atom stereocenters. The van der Waals surface area contributed by atoms with Crippen molar-refractivity contribution in [1.82, 2.24) is 10.2 Å². The fourth-order valence-electron chi connectivity index (χ4n) is 1.94. The highest BCUT2D eigenvalue weighted by molar-refractivity contribution is 7.80. The van der Waals surface area contributed by atoms with Crippen molar-refractivity contribution in [3.8, 4) is 0 Å². The SMILES string of the molecule is Cc1cc(CN2CCNCC2)ccc1S. The van der Waals surface area contributed by atoms with Gasteiger partial charge in [-0.2, -0.15) is 0 Å². The van der Waals surface area contributed by atoms with E-state index in [1.807, 2.05) is 0 Å². The average Bonchev–Trinajstić information content (AvgIpc) is 2.25. The molecule has 1 aromatic carbocycles. The van der Waals surface area contributed by atoms with Crippen LogP contribution in [0.5, 0.6) is 0 Å². The maximum atomic E-state index is 4.39. The van der Waals surface area contributed by atoms with Gasteiger partial charge in [0.15, 0.2) is 0 Å². The first-order chi connectivity index (χ1) is 7.25. The molecule has 2 nitrogen and oxygen atoms in total. The van der Waals surface area contributed by atoms with E-state index in [0.717, 1.165) is 37.6 Å². The lowest BCUT2D eigenvalue weighted by Gasteiger charge is -2.27. The smallest absolute Gasteiger partial charge is 0.0234 e. The van der Waals surface area contributed by atoms with E-state index in [2.05, 4.69) is 48.0 Å². The summed E-state index contributed by atoms with van der Waals surface area (Å²) < 4.78 is 0. The van der Waals surface area contributed by atoms with Gasteiger partial charge < -0.3 is 5.32 Å². The summed E-state index contributed by atoms with van der Waals surface area (Å²) in [6.07, 6.45) is 0. The van der Waals surface area contributed by atoms with E-state index in [1.54, 1.807) is 0 Å². The molecule has 82 valence electrons. The summed E-state index contributed by atoms with van der Waals surface area (Å²) in [5.41, 5.74) is 2.66. The molecule has 1 aliphatic heterocycles. The number of benzene rings is 1. The quantitative estimate of drug-likeness (QED) is 0.740. The number of piperazine rings is 1. The second-order valence-electron chi connectivity index (χ2n) is 4.15. The van der Waals surface area contributed by atoms with Crippen molar-refractivity contribution in [2.45, 2.75) is 18.4 Å². The molecule has 3 heteroatoms. The number of nitrogens with one attached hydrogen (secondary N) is 1. The third-order valence-corrected chi connectivity index (χ3v) is 3.38. The molecule has 0 amide bonds. The van der Waals surface area contributed by atoms with Gasteiger partial charge in [0, 0.05) is 37.6 Å². The summed E-state index contributed by atoms with van der Waals surface area (Å²) in [6, 6.07) is 6.51. The van der Waals surface area contributed by atoms with Gasteiger partial charge in [0.2, 0.25) is 0 Å². The van der Waals surface area contributed by atoms with Gasteiger partial charge in [-0.05, 0) is 24.1 Å². The molecule has 15 heavy (non-hydrogen) atoms. The predicted octanol–water partition coefficient (Wildman–Crippen LogP) is 1.69. The van der Waals surface area contributed by atoms with Crippen LogP contribution in [0.25, 0.3) is 0 Å². The molecule has 1 heterocycles. The van der Waals surface area contributed by atoms with Gasteiger partial charge >= 0.3 is 0 Å². The number of nitrogens with zero attached hydrogens (tertiary/aromatic N) is 1. The van der Waals surface area contributed by atoms with Crippen LogP contribution in [0.3, 0.4) is 0 Å². The molecule has 0 aromatic heterocycles. The number of rotatable bonds is 2. The zero-order valence-corrected chi connectivity index (χ0v) is 10.1. The maximum Gasteiger partial charge on any atom is 0.0234 e. The first-order valence-electron chi connectivity index (χ1n) is 5.47. The van der Waals surface area contributed by atoms with Gasteiger partial charge in [0.25, 0.3) is 0 Å². The molecule has 0 spiro atoms. The molecular weight excluding hydrogens is 204 g/mol. The first-order valence-corrected chi connectivity index (χ1v) is 5.92. The molecule has 2 rings (SSSR count). The Labute approximate surface area is 97.1 Å². The standard InChI is InChI=1S/C12H18N2S/c1-10-8-11(2-3-12(10)15)9-14-6-4-13-5-7-14/h2-3,8,13,15H,4-7,9H2,1H3. The lowest BCUT2D eigenvalue weighted by atomic mass is 10.1. The van der Waals surface area contributed by atoms with Gasteiger partial charge in [0.05, 0.1) is 0 Å². The summed E-state index contributed by atoms with van der Waals surface area (Å²) in [5.74, 6) is 0. The van der Waals surface area contributed by atoms with Crippen molar-refractivity contribution < 1.29 is 0 Å². The van der Waals surface area contributed by atoms with Gasteiger partial charge in [-0.15, -0.1) is 12.6 Å². The Balaban J connectivity index is 2.00. The molecule has 1 aliphatic rings. The molecule has 0 radical (unpaired) electrons. The molecule has 1 fully saturated rings. The van der Waals surface area contributed by atoms with E-state index >= 15 is 0 Å². The highest BCUT2D eigenvalue weighted by atomic mass is 32.1. The van der Waals surface area contributed by atoms with E-state index < -0.39 is 0 Å². The van der Waals surface area contributed by atoms with Crippen LogP contribution in [0.15, 0.2) is 23.1 Å². The van der Waals surface area contributed by atoms with E-state index in [0.29, 0.717) is 0 Å². The van der Waals surface area contributed by atoms with Crippen LogP contribution >= 0.6 is 12.6 Å². The van der Waals surface area contributed by atoms with E-state index in [4.69, 9.17) is 0 Å². The van der Waals surface area contributed by atoms with E-state index in [1.165, 1.54) is 11.1 Å². The Morgan fingerprint density at radius 1 is 1.33 bits per heavy atom. The van der Waals surface area contributed by atoms with Crippen LogP contribution in [0.1, 0.15) is 11.1 Å². The molecule has 0 saturated carbocycles. The minimum Gasteiger partial charge on any atom is -0.314 e. The molecule has 0 unspecified atom stereocenters. The Hall–Kier alpha value is -0.510. The molecular formula is C12H18N2S. The highest BCUT2D eigenvalue weighted by Gasteiger charge is 2.09. The van der Waals surface area contributed by atoms with Gasteiger partial charge in [-0.3, -0.25) is 4.90 Å². The third kappa shape index (κ3) is 2.97. The van der Waals surface area contributed by atoms with Crippen molar-refractivity contribution in [2.24, 2.45) is 0 Å². The van der Waals surface area contributed by atoms with Crippen molar-refractivity contribution in [1.29, 1.82) is 0 Å². The highest BCUT2D eigenvalue weighted by Crippen LogP contribution is 2.15. The zero-order chi connectivity index (χ0) is 10.7. The van der Waals surface area contributed by atoms with E-state index in [9.17, 15) is 0 Å². The Bertz CT molecular complexity index is 332. The number of hydrogen-bond donors (Lipinski definition) is 2. The van der Waals surface area contributed by atoms with Gasteiger partial charge in [-0.25, -0.2) is 0 Å². The second-order valence-corrected chi connectivity index (χ2v) is 4.63. The fourth-order valence-corrected chi connectivity index (χ4v) is 2.08. The molecule has 1 aromatic rings. The minimum atomic E-state index is 1.07. The van der Waals surface area contributed by atoms with Crippen LogP contribution in [0.4, 0.5) is 0 Å². The third-order valence-electron chi connectivity index (χ3n) is 2.88. The van der Waals surface area contributed by atoms with Gasteiger partial charge in [0.1, 0.15) is 0 Å². The lowest BCUT2D eigenvalue weighted by molar-refractivity contribution is 0.233. The molecule has 1 N–H and O–H groups in total. The van der Waals surface area contributed by atoms with Crippen molar-refractivity contribution >= 4 is 12.6 Å². The number of hydrogen-bond acceptors (Lipinski definition) is 3. The minimum absolute atomic E-state index is 1.07. The average molecular weight is 222 g/mol. The molecule has 0 aliphatic carbocycles. The Kier molecular flexibility index (Phi) is 3.67. The Morgan fingerprint density at radius 2 is 2.07 bits per heavy atom. The first kappa shape index (κ1) is 11.0. The lowest BCUT2D eigenvalue weighted by Crippen LogP contribution is -2.42. The van der Waals surface area contributed by atoms with Gasteiger partial charge in [-0.1, -0.05) is 12.1 Å². The van der Waals surface area contributed by atoms with Crippen molar-refractivity contribution in [2.75, 3.05) is 26.2 Å². The van der Waals surface area contributed by atoms with Crippen molar-refractivity contribution in [3.63, 3.8) is 0 Å². The predicted molar refractivity (Wildman–Crippen MR) is 66.6 cm³/mol. The second kappa shape index (κ2) is 5.01. The largest absolute Gasteiger partial charge is 0.314 e. The topological polar surface area (TPSA) is 15.3 Å².